The highest BCUT2D eigenvalue weighted by molar-refractivity contribution is 8.00. The number of carbonyl (C=O) groups excluding carboxylic acids is 3. The van der Waals surface area contributed by atoms with Gasteiger partial charge in [-0.1, -0.05) is 6.07 Å². The fourth-order valence-electron chi connectivity index (χ4n) is 2.27. The van der Waals surface area contributed by atoms with Crippen molar-refractivity contribution in [3.63, 3.8) is 0 Å². The van der Waals surface area contributed by atoms with Crippen molar-refractivity contribution < 1.29 is 32.3 Å². The molecule has 1 saturated heterocycles. The minimum Gasteiger partial charge on any atom is -0.464 e. The number of carbonyl (C=O) groups is 3. The largest absolute Gasteiger partial charge is 0.464 e. The van der Waals surface area contributed by atoms with Crippen molar-refractivity contribution in [2.45, 2.75) is 30.8 Å². The maximum absolute atomic E-state index is 12.7. The Kier molecular flexibility index (Phi) is 6.52. The second kappa shape index (κ2) is 8.43. The summed E-state index contributed by atoms with van der Waals surface area (Å²) in [5, 5.41) is 4.11. The Hall–Kier alpha value is -2.23. The summed E-state index contributed by atoms with van der Waals surface area (Å²) in [7, 11) is 0. The van der Waals surface area contributed by atoms with Gasteiger partial charge in [0.05, 0.1) is 17.4 Å². The van der Waals surface area contributed by atoms with Gasteiger partial charge in [0.2, 0.25) is 11.8 Å². The molecular weight excluding hydrogens is 373 g/mol. The van der Waals surface area contributed by atoms with Crippen LogP contribution in [0.15, 0.2) is 24.3 Å². The lowest BCUT2D eigenvalue weighted by Gasteiger charge is -2.27. The van der Waals surface area contributed by atoms with E-state index < -0.39 is 40.8 Å². The van der Waals surface area contributed by atoms with Crippen molar-refractivity contribution in [3.8, 4) is 0 Å². The number of nitrogens with one attached hydrogen (secondary N) is 2. The predicted octanol–water partition coefficient (Wildman–Crippen LogP) is 2.20. The Bertz CT molecular complexity index is 696. The Balaban J connectivity index is 1.91. The first-order chi connectivity index (χ1) is 12.2. The number of ether oxygens (including phenoxy) is 1. The van der Waals surface area contributed by atoms with E-state index >= 15 is 0 Å². The molecular formula is C16H17F3N2O4S. The van der Waals surface area contributed by atoms with E-state index in [1.165, 1.54) is 12.1 Å². The van der Waals surface area contributed by atoms with Gasteiger partial charge in [-0.15, -0.1) is 11.8 Å². The molecule has 1 heterocycles. The molecule has 2 unspecified atom stereocenters. The Morgan fingerprint density at radius 3 is 2.73 bits per heavy atom. The molecule has 26 heavy (non-hydrogen) atoms. The maximum Gasteiger partial charge on any atom is 0.416 e. The SMILES string of the molecule is CCOC(=O)C1CSC(CC(=O)Nc2cccc(C(F)(F)F)c2)C(=O)N1. The molecule has 0 spiro atoms. The van der Waals surface area contributed by atoms with Crippen LogP contribution in [0.25, 0.3) is 0 Å². The lowest BCUT2D eigenvalue weighted by atomic mass is 10.2. The minimum absolute atomic E-state index is 0.00422. The van der Waals surface area contributed by atoms with Gasteiger partial charge in [-0.3, -0.25) is 9.59 Å². The van der Waals surface area contributed by atoms with Crippen LogP contribution in [-0.2, 0) is 25.3 Å². The quantitative estimate of drug-likeness (QED) is 0.753. The third kappa shape index (κ3) is 5.38. The number of rotatable bonds is 5. The molecule has 142 valence electrons. The van der Waals surface area contributed by atoms with Gasteiger partial charge in [-0.25, -0.2) is 4.79 Å². The molecule has 0 aliphatic carbocycles. The average Bonchev–Trinajstić information content (AvgIpc) is 2.56. The monoisotopic (exact) mass is 390 g/mol. The number of halogens is 3. The summed E-state index contributed by atoms with van der Waals surface area (Å²) >= 11 is 1.13. The predicted molar refractivity (Wildman–Crippen MR) is 89.5 cm³/mol. The lowest BCUT2D eigenvalue weighted by molar-refractivity contribution is -0.146. The first-order valence-corrected chi connectivity index (χ1v) is 8.81. The van der Waals surface area contributed by atoms with E-state index in [2.05, 4.69) is 10.6 Å². The number of thioether (sulfide) groups is 1. The van der Waals surface area contributed by atoms with E-state index in [0.717, 1.165) is 23.9 Å². The smallest absolute Gasteiger partial charge is 0.416 e. The van der Waals surface area contributed by atoms with Crippen molar-refractivity contribution in [3.05, 3.63) is 29.8 Å². The molecule has 2 rings (SSSR count). The van der Waals surface area contributed by atoms with Gasteiger partial charge in [-0.2, -0.15) is 13.2 Å². The zero-order valence-corrected chi connectivity index (χ0v) is 14.6. The van der Waals surface area contributed by atoms with Crippen LogP contribution in [0.1, 0.15) is 18.9 Å². The van der Waals surface area contributed by atoms with E-state index in [1.807, 2.05) is 0 Å². The number of hydrogen-bond donors (Lipinski definition) is 2. The molecule has 0 radical (unpaired) electrons. The third-order valence-corrected chi connectivity index (χ3v) is 4.80. The minimum atomic E-state index is -4.51. The van der Waals surface area contributed by atoms with E-state index in [0.29, 0.717) is 0 Å². The van der Waals surface area contributed by atoms with Crippen molar-refractivity contribution in [1.29, 1.82) is 0 Å². The van der Waals surface area contributed by atoms with Crippen LogP contribution in [0, 0.1) is 0 Å². The number of anilines is 1. The molecule has 0 bridgehead atoms. The first-order valence-electron chi connectivity index (χ1n) is 7.76. The number of esters is 1. The van der Waals surface area contributed by atoms with Crippen LogP contribution in [0.3, 0.4) is 0 Å². The van der Waals surface area contributed by atoms with Crippen LogP contribution in [0.4, 0.5) is 18.9 Å². The highest BCUT2D eigenvalue weighted by Crippen LogP contribution is 2.31. The normalized spacial score (nSPS) is 20.2. The van der Waals surface area contributed by atoms with Crippen molar-refractivity contribution in [2.24, 2.45) is 0 Å². The van der Waals surface area contributed by atoms with Crippen LogP contribution >= 0.6 is 11.8 Å². The summed E-state index contributed by atoms with van der Waals surface area (Å²) in [5.41, 5.74) is -0.882. The number of amides is 2. The van der Waals surface area contributed by atoms with Gasteiger partial charge in [0.1, 0.15) is 6.04 Å². The molecule has 1 aromatic carbocycles. The van der Waals surface area contributed by atoms with Crippen molar-refractivity contribution in [2.75, 3.05) is 17.7 Å². The van der Waals surface area contributed by atoms with Gasteiger partial charge in [0.25, 0.3) is 0 Å². The third-order valence-electron chi connectivity index (χ3n) is 3.49. The molecule has 0 aromatic heterocycles. The van der Waals surface area contributed by atoms with Crippen molar-refractivity contribution >= 4 is 35.2 Å². The van der Waals surface area contributed by atoms with Gasteiger partial charge >= 0.3 is 12.1 Å². The van der Waals surface area contributed by atoms with Gasteiger partial charge < -0.3 is 15.4 Å². The summed E-state index contributed by atoms with van der Waals surface area (Å²) in [6.07, 6.45) is -4.73. The molecule has 1 aliphatic heterocycles. The van der Waals surface area contributed by atoms with E-state index in [-0.39, 0.29) is 24.5 Å². The standard InChI is InChI=1S/C16H17F3N2O4S/c1-2-25-15(24)11-8-26-12(14(23)21-11)7-13(22)20-10-5-3-4-9(6-10)16(17,18)19/h3-6,11-12H,2,7-8H2,1H3,(H,20,22)(H,21,23). The summed E-state index contributed by atoms with van der Waals surface area (Å²) < 4.78 is 42.9. The zero-order valence-electron chi connectivity index (χ0n) is 13.8. The van der Waals surface area contributed by atoms with Crippen LogP contribution < -0.4 is 10.6 Å². The van der Waals surface area contributed by atoms with Crippen LogP contribution in [0.2, 0.25) is 0 Å². The van der Waals surface area contributed by atoms with Gasteiger partial charge in [-0.05, 0) is 25.1 Å². The number of hydrogen-bond acceptors (Lipinski definition) is 5. The van der Waals surface area contributed by atoms with Crippen LogP contribution in [0.5, 0.6) is 0 Å². The fraction of sp³-hybridized carbons (Fsp3) is 0.438. The second-order valence-corrected chi connectivity index (χ2v) is 6.70. The molecule has 2 N–H and O–H groups in total. The summed E-state index contributed by atoms with van der Waals surface area (Å²) in [6.45, 7) is 1.84. The second-order valence-electron chi connectivity index (χ2n) is 5.47. The average molecular weight is 390 g/mol. The molecule has 2 amide bonds. The van der Waals surface area contributed by atoms with Gasteiger partial charge in [0.15, 0.2) is 0 Å². The molecule has 1 aliphatic rings. The molecule has 6 nitrogen and oxygen atoms in total. The van der Waals surface area contributed by atoms with Gasteiger partial charge in [0, 0.05) is 17.9 Å². The maximum atomic E-state index is 12.7. The zero-order chi connectivity index (χ0) is 19.3. The molecule has 1 fully saturated rings. The molecule has 1 aromatic rings. The topological polar surface area (TPSA) is 84.5 Å². The highest BCUT2D eigenvalue weighted by atomic mass is 32.2. The summed E-state index contributed by atoms with van der Waals surface area (Å²) in [6, 6.07) is 3.47. The van der Waals surface area contributed by atoms with E-state index in [1.54, 1.807) is 6.92 Å². The van der Waals surface area contributed by atoms with E-state index in [4.69, 9.17) is 4.74 Å². The first kappa shape index (κ1) is 20.1. The molecule has 0 saturated carbocycles. The Morgan fingerprint density at radius 1 is 1.38 bits per heavy atom. The summed E-state index contributed by atoms with van der Waals surface area (Å²) in [5.74, 6) is -1.36. The number of alkyl halides is 3. The highest BCUT2D eigenvalue weighted by Gasteiger charge is 2.34. The van der Waals surface area contributed by atoms with E-state index in [9.17, 15) is 27.6 Å². The summed E-state index contributed by atoms with van der Waals surface area (Å²) in [4.78, 5) is 35.7. The van der Waals surface area contributed by atoms with Crippen LogP contribution in [-0.4, -0.2) is 41.4 Å². The Labute approximate surface area is 151 Å². The fourth-order valence-corrected chi connectivity index (χ4v) is 3.40. The molecule has 2 atom stereocenters. The Morgan fingerprint density at radius 2 is 2.12 bits per heavy atom. The van der Waals surface area contributed by atoms with Crippen molar-refractivity contribution in [1.82, 2.24) is 5.32 Å². The molecule has 10 heteroatoms. The lowest BCUT2D eigenvalue weighted by Crippen LogP contribution is -2.51. The number of benzene rings is 1.